The molecule has 10 heteroatoms. The van der Waals surface area contributed by atoms with E-state index < -0.39 is 16.8 Å². The van der Waals surface area contributed by atoms with E-state index in [1.165, 1.54) is 28.6 Å². The average Bonchev–Trinajstić information content (AvgIpc) is 2.67. The zero-order valence-electron chi connectivity index (χ0n) is 17.4. The molecule has 1 aliphatic rings. The van der Waals surface area contributed by atoms with E-state index in [-0.39, 0.29) is 37.5 Å². The van der Waals surface area contributed by atoms with E-state index in [1.807, 2.05) is 26.8 Å². The van der Waals surface area contributed by atoms with Crippen LogP contribution in [-0.2, 0) is 21.4 Å². The SMILES string of the molecule is COCOC[C@H]1CSc2nc(-c3cnc(C(C)(C)C)c(F)c3)c(C#N)c(=O)n2C1.S. The molecule has 0 unspecified atom stereocenters. The van der Waals surface area contributed by atoms with Crippen LogP contribution in [0.4, 0.5) is 4.39 Å². The van der Waals surface area contributed by atoms with E-state index in [0.717, 1.165) is 5.75 Å². The third kappa shape index (κ3) is 5.03. The first-order valence-electron chi connectivity index (χ1n) is 9.17. The van der Waals surface area contributed by atoms with Gasteiger partial charge in [0, 0.05) is 42.5 Å². The number of fused-ring (bicyclic) bond motifs is 1. The summed E-state index contributed by atoms with van der Waals surface area (Å²) in [6.45, 7) is 6.64. The van der Waals surface area contributed by atoms with E-state index in [0.29, 0.717) is 29.6 Å². The highest BCUT2D eigenvalue weighted by molar-refractivity contribution is 7.99. The van der Waals surface area contributed by atoms with Crippen LogP contribution in [0, 0.1) is 23.1 Å². The summed E-state index contributed by atoms with van der Waals surface area (Å²) in [7, 11) is 1.55. The number of nitriles is 1. The molecule has 0 aromatic carbocycles. The van der Waals surface area contributed by atoms with Gasteiger partial charge in [0.2, 0.25) is 0 Å². The highest BCUT2D eigenvalue weighted by Crippen LogP contribution is 2.30. The maximum atomic E-state index is 14.6. The molecule has 0 saturated heterocycles. The molecule has 7 nitrogen and oxygen atoms in total. The maximum absolute atomic E-state index is 14.6. The number of thioether (sulfide) groups is 1. The van der Waals surface area contributed by atoms with Gasteiger partial charge in [-0.2, -0.15) is 18.8 Å². The smallest absolute Gasteiger partial charge is 0.272 e. The van der Waals surface area contributed by atoms with Gasteiger partial charge in [-0.3, -0.25) is 14.3 Å². The number of halogens is 1. The second kappa shape index (κ2) is 9.92. The lowest BCUT2D eigenvalue weighted by atomic mass is 9.90. The lowest BCUT2D eigenvalue weighted by Crippen LogP contribution is -2.34. The molecular weight excluding hydrogens is 427 g/mol. The first-order valence-corrected chi connectivity index (χ1v) is 10.2. The third-order valence-electron chi connectivity index (χ3n) is 4.51. The third-order valence-corrected chi connectivity index (χ3v) is 5.72. The number of rotatable bonds is 5. The standard InChI is InChI=1S/C20H23FN4O3S.H2S/c1-20(2,3)17-15(21)5-13(7-23-17)16-14(6-22)18(26)25-8-12(9-28-11-27-4)10-29-19(25)24-16;/h5,7,12H,8-11H2,1-4H3;1H2/t12-;/m0./s1. The summed E-state index contributed by atoms with van der Waals surface area (Å²) in [5, 5.41) is 10.1. The molecule has 1 atom stereocenters. The van der Waals surface area contributed by atoms with Crippen LogP contribution >= 0.6 is 25.3 Å². The second-order valence-corrected chi connectivity index (χ2v) is 8.89. The van der Waals surface area contributed by atoms with Crippen LogP contribution in [0.2, 0.25) is 0 Å². The van der Waals surface area contributed by atoms with Crippen molar-refractivity contribution in [3.8, 4) is 17.3 Å². The van der Waals surface area contributed by atoms with Gasteiger partial charge in [-0.1, -0.05) is 32.5 Å². The summed E-state index contributed by atoms with van der Waals surface area (Å²) < 4.78 is 26.4. The summed E-state index contributed by atoms with van der Waals surface area (Å²) in [5.74, 6) is 0.336. The normalized spacial score (nSPS) is 15.8. The minimum Gasteiger partial charge on any atom is -0.359 e. The van der Waals surface area contributed by atoms with Crippen molar-refractivity contribution in [1.29, 1.82) is 5.26 Å². The molecule has 0 bridgehead atoms. The minimum atomic E-state index is -0.485. The molecule has 1 aliphatic heterocycles. The fourth-order valence-corrected chi connectivity index (χ4v) is 4.19. The Morgan fingerprint density at radius 3 is 2.77 bits per heavy atom. The Balaban J connectivity index is 0.00000320. The number of hydrogen-bond acceptors (Lipinski definition) is 7. The monoisotopic (exact) mass is 452 g/mol. The van der Waals surface area contributed by atoms with Crippen LogP contribution in [0.3, 0.4) is 0 Å². The number of pyridine rings is 1. The topological polar surface area (TPSA) is 90.0 Å². The van der Waals surface area contributed by atoms with E-state index in [2.05, 4.69) is 9.97 Å². The van der Waals surface area contributed by atoms with Crippen LogP contribution in [0.5, 0.6) is 0 Å². The number of hydrogen-bond donors (Lipinski definition) is 0. The molecule has 0 N–H and O–H groups in total. The molecule has 0 fully saturated rings. The zero-order chi connectivity index (χ0) is 21.2. The van der Waals surface area contributed by atoms with E-state index in [1.54, 1.807) is 7.11 Å². The Hall–Kier alpha value is -1.93. The van der Waals surface area contributed by atoms with Gasteiger partial charge in [0.15, 0.2) is 5.16 Å². The summed E-state index contributed by atoms with van der Waals surface area (Å²) >= 11 is 1.42. The Bertz CT molecular complexity index is 1010. The minimum absolute atomic E-state index is 0. The summed E-state index contributed by atoms with van der Waals surface area (Å²) in [4.78, 5) is 21.7. The van der Waals surface area contributed by atoms with Crippen molar-refractivity contribution in [2.45, 2.75) is 37.9 Å². The first-order chi connectivity index (χ1) is 13.8. The Labute approximate surface area is 186 Å². The number of nitrogens with zero attached hydrogens (tertiary/aromatic N) is 4. The number of methoxy groups -OCH3 is 1. The predicted octanol–water partition coefficient (Wildman–Crippen LogP) is 3.07. The molecule has 30 heavy (non-hydrogen) atoms. The average molecular weight is 453 g/mol. The van der Waals surface area contributed by atoms with Crippen molar-refractivity contribution < 1.29 is 13.9 Å². The summed E-state index contributed by atoms with van der Waals surface area (Å²) in [6.07, 6.45) is 1.47. The van der Waals surface area contributed by atoms with Crippen molar-refractivity contribution in [3.05, 3.63) is 39.7 Å². The van der Waals surface area contributed by atoms with E-state index in [4.69, 9.17) is 9.47 Å². The van der Waals surface area contributed by atoms with Gasteiger partial charge in [-0.25, -0.2) is 9.37 Å². The van der Waals surface area contributed by atoms with Gasteiger partial charge < -0.3 is 9.47 Å². The highest BCUT2D eigenvalue weighted by atomic mass is 32.2. The number of aromatic nitrogens is 3. The van der Waals surface area contributed by atoms with Crippen LogP contribution in [-0.4, -0.2) is 40.8 Å². The molecule has 0 saturated carbocycles. The van der Waals surface area contributed by atoms with Crippen molar-refractivity contribution in [3.63, 3.8) is 0 Å². The molecule has 162 valence electrons. The fourth-order valence-electron chi connectivity index (χ4n) is 3.14. The molecule has 0 aliphatic carbocycles. The summed E-state index contributed by atoms with van der Waals surface area (Å²) in [5.41, 5.74) is -0.202. The fraction of sp³-hybridized carbons (Fsp3) is 0.500. The molecule has 3 heterocycles. The van der Waals surface area contributed by atoms with Crippen LogP contribution in [0.25, 0.3) is 11.3 Å². The van der Waals surface area contributed by atoms with Crippen LogP contribution in [0.1, 0.15) is 32.0 Å². The van der Waals surface area contributed by atoms with E-state index >= 15 is 0 Å². The van der Waals surface area contributed by atoms with Crippen LogP contribution < -0.4 is 5.56 Å². The highest BCUT2D eigenvalue weighted by Gasteiger charge is 2.27. The Morgan fingerprint density at radius 1 is 1.43 bits per heavy atom. The molecular formula is C20H25FN4O3S2. The maximum Gasteiger partial charge on any atom is 0.272 e. The molecule has 2 aromatic rings. The molecule has 3 rings (SSSR count). The number of ether oxygens (including phenoxy) is 2. The van der Waals surface area contributed by atoms with E-state index in [9.17, 15) is 14.4 Å². The second-order valence-electron chi connectivity index (χ2n) is 7.90. The van der Waals surface area contributed by atoms with Crippen molar-refractivity contribution >= 4 is 25.3 Å². The molecule has 0 radical (unpaired) electrons. The lowest BCUT2D eigenvalue weighted by molar-refractivity contribution is -0.0431. The zero-order valence-corrected chi connectivity index (χ0v) is 19.2. The van der Waals surface area contributed by atoms with Crippen molar-refractivity contribution in [1.82, 2.24) is 14.5 Å². The van der Waals surface area contributed by atoms with Gasteiger partial charge in [0.25, 0.3) is 5.56 Å². The summed E-state index contributed by atoms with van der Waals surface area (Å²) in [6, 6.07) is 3.23. The molecule has 2 aromatic heterocycles. The lowest BCUT2D eigenvalue weighted by Gasteiger charge is -2.25. The Kier molecular flexibility index (Phi) is 8.05. The molecule has 0 amide bonds. The van der Waals surface area contributed by atoms with Gasteiger partial charge in [0.1, 0.15) is 24.2 Å². The first kappa shape index (κ1) is 24.3. The van der Waals surface area contributed by atoms with Crippen molar-refractivity contribution in [2.75, 3.05) is 26.3 Å². The molecule has 0 spiro atoms. The largest absolute Gasteiger partial charge is 0.359 e. The van der Waals surface area contributed by atoms with Gasteiger partial charge >= 0.3 is 0 Å². The van der Waals surface area contributed by atoms with Crippen LogP contribution in [0.15, 0.2) is 22.2 Å². The van der Waals surface area contributed by atoms with Gasteiger partial charge in [0.05, 0.1) is 18.0 Å². The van der Waals surface area contributed by atoms with Crippen molar-refractivity contribution in [2.24, 2.45) is 5.92 Å². The quantitative estimate of drug-likeness (QED) is 0.391. The van der Waals surface area contributed by atoms with Gasteiger partial charge in [-0.05, 0) is 6.07 Å². The van der Waals surface area contributed by atoms with Gasteiger partial charge in [-0.15, -0.1) is 0 Å². The Morgan fingerprint density at radius 2 is 2.17 bits per heavy atom. The predicted molar refractivity (Wildman–Crippen MR) is 118 cm³/mol.